The summed E-state index contributed by atoms with van der Waals surface area (Å²) in [5, 5.41) is 0. The fourth-order valence-corrected chi connectivity index (χ4v) is 1.99. The van der Waals surface area contributed by atoms with Gasteiger partial charge in [-0.25, -0.2) is 4.79 Å². The average molecular weight is 326 g/mol. The zero-order valence-corrected chi connectivity index (χ0v) is 13.8. The molecule has 0 bridgehead atoms. The maximum atomic E-state index is 11.6. The predicted molar refractivity (Wildman–Crippen MR) is 92.7 cm³/mol. The Morgan fingerprint density at radius 1 is 1.04 bits per heavy atom. The molecule has 2 rings (SSSR count). The van der Waals surface area contributed by atoms with E-state index in [9.17, 15) is 4.79 Å². The quantitative estimate of drug-likeness (QED) is 0.400. The number of rotatable bonds is 9. The van der Waals surface area contributed by atoms with Gasteiger partial charge in [-0.05, 0) is 31.0 Å². The highest BCUT2D eigenvalue weighted by atomic mass is 16.7. The smallest absolute Gasteiger partial charge is 0.333 e. The van der Waals surface area contributed by atoms with Crippen LogP contribution < -0.4 is 4.74 Å². The molecule has 1 atom stereocenters. The minimum absolute atomic E-state index is 0.00930. The summed E-state index contributed by atoms with van der Waals surface area (Å²) in [6.45, 7) is 5.64. The van der Waals surface area contributed by atoms with Crippen molar-refractivity contribution in [2.75, 3.05) is 13.2 Å². The Morgan fingerprint density at radius 3 is 2.29 bits per heavy atom. The predicted octanol–water partition coefficient (Wildman–Crippen LogP) is 3.77. The number of carbonyl (C=O) groups excluding carboxylic acids is 1. The van der Waals surface area contributed by atoms with Gasteiger partial charge in [0.25, 0.3) is 0 Å². The third-order valence-corrected chi connectivity index (χ3v) is 3.25. The van der Waals surface area contributed by atoms with E-state index in [1.54, 1.807) is 6.92 Å². The van der Waals surface area contributed by atoms with Crippen molar-refractivity contribution in [2.45, 2.75) is 19.6 Å². The molecular formula is C20H22O4. The first kappa shape index (κ1) is 17.8. The monoisotopic (exact) mass is 326 g/mol. The van der Waals surface area contributed by atoms with Crippen LogP contribution in [0, 0.1) is 0 Å². The van der Waals surface area contributed by atoms with Crippen molar-refractivity contribution in [3.63, 3.8) is 0 Å². The SMILES string of the molecule is C=C(C)C(=O)OCC(OCCc1ccccc1)Oc1ccccc1. The summed E-state index contributed by atoms with van der Waals surface area (Å²) in [5.74, 6) is 0.205. The summed E-state index contributed by atoms with van der Waals surface area (Å²) in [7, 11) is 0. The molecule has 0 heterocycles. The van der Waals surface area contributed by atoms with Crippen LogP contribution in [0.4, 0.5) is 0 Å². The lowest BCUT2D eigenvalue weighted by Gasteiger charge is -2.19. The van der Waals surface area contributed by atoms with Crippen molar-refractivity contribution in [3.8, 4) is 5.75 Å². The molecule has 2 aromatic carbocycles. The summed E-state index contributed by atoms with van der Waals surface area (Å²) in [6.07, 6.45) is 0.0867. The van der Waals surface area contributed by atoms with Crippen molar-refractivity contribution in [2.24, 2.45) is 0 Å². The molecule has 0 saturated heterocycles. The van der Waals surface area contributed by atoms with E-state index < -0.39 is 12.3 Å². The van der Waals surface area contributed by atoms with E-state index in [-0.39, 0.29) is 6.61 Å². The molecule has 0 aliphatic heterocycles. The van der Waals surface area contributed by atoms with E-state index >= 15 is 0 Å². The van der Waals surface area contributed by atoms with Gasteiger partial charge >= 0.3 is 5.97 Å². The van der Waals surface area contributed by atoms with Crippen molar-refractivity contribution in [1.29, 1.82) is 0 Å². The first-order valence-corrected chi connectivity index (χ1v) is 7.85. The van der Waals surface area contributed by atoms with E-state index in [0.29, 0.717) is 17.9 Å². The highest BCUT2D eigenvalue weighted by Crippen LogP contribution is 2.13. The molecule has 4 heteroatoms. The maximum absolute atomic E-state index is 11.6. The highest BCUT2D eigenvalue weighted by Gasteiger charge is 2.15. The van der Waals surface area contributed by atoms with Crippen LogP contribution in [0.5, 0.6) is 5.75 Å². The van der Waals surface area contributed by atoms with Gasteiger partial charge in [-0.15, -0.1) is 0 Å². The first-order valence-electron chi connectivity index (χ1n) is 7.85. The number of hydrogen-bond donors (Lipinski definition) is 0. The van der Waals surface area contributed by atoms with E-state index in [4.69, 9.17) is 14.2 Å². The Kier molecular flexibility index (Phi) is 7.05. The van der Waals surface area contributed by atoms with Crippen molar-refractivity contribution < 1.29 is 19.0 Å². The van der Waals surface area contributed by atoms with Crippen LogP contribution in [-0.2, 0) is 20.7 Å². The summed E-state index contributed by atoms with van der Waals surface area (Å²) in [5.41, 5.74) is 1.52. The van der Waals surface area contributed by atoms with Gasteiger partial charge in [0.1, 0.15) is 5.75 Å². The lowest BCUT2D eigenvalue weighted by Crippen LogP contribution is -2.29. The van der Waals surface area contributed by atoms with Gasteiger partial charge in [0.2, 0.25) is 6.29 Å². The molecule has 0 N–H and O–H groups in total. The Hall–Kier alpha value is -2.59. The Bertz CT molecular complexity index is 637. The molecule has 0 aromatic heterocycles. The number of benzene rings is 2. The number of esters is 1. The van der Waals surface area contributed by atoms with Gasteiger partial charge in [0.15, 0.2) is 6.61 Å². The third kappa shape index (κ3) is 6.26. The molecule has 2 aromatic rings. The van der Waals surface area contributed by atoms with Gasteiger partial charge < -0.3 is 14.2 Å². The van der Waals surface area contributed by atoms with Crippen LogP contribution in [0.15, 0.2) is 72.8 Å². The minimum Gasteiger partial charge on any atom is -0.461 e. The molecule has 0 aliphatic rings. The second-order valence-corrected chi connectivity index (χ2v) is 5.35. The van der Waals surface area contributed by atoms with Crippen LogP contribution in [-0.4, -0.2) is 25.5 Å². The minimum atomic E-state index is -0.667. The van der Waals surface area contributed by atoms with Crippen LogP contribution >= 0.6 is 0 Å². The van der Waals surface area contributed by atoms with Crippen LogP contribution in [0.3, 0.4) is 0 Å². The largest absolute Gasteiger partial charge is 0.461 e. The number of carbonyl (C=O) groups is 1. The zero-order valence-electron chi connectivity index (χ0n) is 13.8. The summed E-state index contributed by atoms with van der Waals surface area (Å²) >= 11 is 0. The molecule has 0 aliphatic carbocycles. The standard InChI is InChI=1S/C20H22O4/c1-16(2)20(21)23-15-19(24-18-11-7-4-8-12-18)22-14-13-17-9-5-3-6-10-17/h3-12,19H,1,13-15H2,2H3. The second kappa shape index (κ2) is 9.53. The number of para-hydroxylation sites is 1. The van der Waals surface area contributed by atoms with Crippen molar-refractivity contribution >= 4 is 5.97 Å². The van der Waals surface area contributed by atoms with E-state index in [1.165, 1.54) is 5.56 Å². The summed E-state index contributed by atoms with van der Waals surface area (Å²) in [4.78, 5) is 11.6. The molecule has 0 fully saturated rings. The first-order chi connectivity index (χ1) is 11.6. The third-order valence-electron chi connectivity index (χ3n) is 3.25. The van der Waals surface area contributed by atoms with E-state index in [2.05, 4.69) is 6.58 Å². The fourth-order valence-electron chi connectivity index (χ4n) is 1.99. The number of ether oxygens (including phenoxy) is 3. The van der Waals surface area contributed by atoms with Gasteiger partial charge in [0.05, 0.1) is 6.61 Å². The van der Waals surface area contributed by atoms with Crippen LogP contribution in [0.1, 0.15) is 12.5 Å². The average Bonchev–Trinajstić information content (AvgIpc) is 2.61. The van der Waals surface area contributed by atoms with Gasteiger partial charge in [-0.2, -0.15) is 0 Å². The van der Waals surface area contributed by atoms with Crippen molar-refractivity contribution in [3.05, 3.63) is 78.4 Å². The molecule has 0 radical (unpaired) electrons. The molecule has 24 heavy (non-hydrogen) atoms. The molecular weight excluding hydrogens is 304 g/mol. The molecule has 0 spiro atoms. The van der Waals surface area contributed by atoms with Gasteiger partial charge in [0, 0.05) is 5.57 Å². The van der Waals surface area contributed by atoms with E-state index in [0.717, 1.165) is 6.42 Å². The van der Waals surface area contributed by atoms with Gasteiger partial charge in [-0.1, -0.05) is 55.1 Å². The normalized spacial score (nSPS) is 11.5. The van der Waals surface area contributed by atoms with E-state index in [1.807, 2.05) is 60.7 Å². The summed E-state index contributed by atoms with van der Waals surface area (Å²) in [6, 6.07) is 19.3. The fraction of sp³-hybridized carbons (Fsp3) is 0.250. The number of hydrogen-bond acceptors (Lipinski definition) is 4. The molecule has 0 amide bonds. The molecule has 4 nitrogen and oxygen atoms in total. The van der Waals surface area contributed by atoms with Crippen LogP contribution in [0.2, 0.25) is 0 Å². The Morgan fingerprint density at radius 2 is 1.67 bits per heavy atom. The Balaban J connectivity index is 1.88. The zero-order chi connectivity index (χ0) is 17.2. The molecule has 126 valence electrons. The van der Waals surface area contributed by atoms with Crippen molar-refractivity contribution in [1.82, 2.24) is 0 Å². The topological polar surface area (TPSA) is 44.8 Å². The lowest BCUT2D eigenvalue weighted by atomic mass is 10.2. The van der Waals surface area contributed by atoms with Gasteiger partial charge in [-0.3, -0.25) is 0 Å². The maximum Gasteiger partial charge on any atom is 0.333 e. The highest BCUT2D eigenvalue weighted by molar-refractivity contribution is 5.86. The lowest BCUT2D eigenvalue weighted by molar-refractivity contribution is -0.156. The summed E-state index contributed by atoms with van der Waals surface area (Å²) < 4.78 is 16.7. The molecule has 0 saturated carbocycles. The Labute approximate surface area is 142 Å². The molecule has 1 unspecified atom stereocenters. The second-order valence-electron chi connectivity index (χ2n) is 5.35. The van der Waals surface area contributed by atoms with Crippen LogP contribution in [0.25, 0.3) is 0 Å².